The minimum atomic E-state index is -0.500. The molecule has 2 aromatic rings. The van der Waals surface area contributed by atoms with Crippen LogP contribution in [0.2, 0.25) is 0 Å². The van der Waals surface area contributed by atoms with Crippen LogP contribution in [0.5, 0.6) is 0 Å². The SMILES string of the molecule is C[C@@H](N)C(=O)NCc1ccnc(-n2ccnc2)c1.Cl.Cl. The molecule has 0 saturated carbocycles. The highest BCUT2D eigenvalue weighted by Gasteiger charge is 2.06. The molecular weight excluding hydrogens is 301 g/mol. The van der Waals surface area contributed by atoms with Crippen molar-refractivity contribution in [3.63, 3.8) is 0 Å². The minimum absolute atomic E-state index is 0. The number of amides is 1. The monoisotopic (exact) mass is 317 g/mol. The molecule has 0 aliphatic carbocycles. The lowest BCUT2D eigenvalue weighted by Gasteiger charge is -2.08. The van der Waals surface area contributed by atoms with Crippen LogP contribution in [0.1, 0.15) is 12.5 Å². The Bertz CT molecular complexity index is 530. The first-order valence-electron chi connectivity index (χ1n) is 5.63. The van der Waals surface area contributed by atoms with Gasteiger partial charge < -0.3 is 11.1 Å². The average molecular weight is 318 g/mol. The summed E-state index contributed by atoms with van der Waals surface area (Å²) in [6.45, 7) is 2.09. The van der Waals surface area contributed by atoms with E-state index >= 15 is 0 Å². The fourth-order valence-electron chi connectivity index (χ4n) is 1.46. The number of carbonyl (C=O) groups is 1. The Kier molecular flexibility index (Phi) is 7.83. The molecule has 20 heavy (non-hydrogen) atoms. The number of pyridine rings is 1. The minimum Gasteiger partial charge on any atom is -0.351 e. The van der Waals surface area contributed by atoms with Gasteiger partial charge in [-0.2, -0.15) is 0 Å². The number of imidazole rings is 1. The molecular formula is C12H17Cl2N5O. The van der Waals surface area contributed by atoms with E-state index in [0.717, 1.165) is 11.4 Å². The fourth-order valence-corrected chi connectivity index (χ4v) is 1.46. The molecule has 2 rings (SSSR count). The third-order valence-corrected chi connectivity index (χ3v) is 2.46. The average Bonchev–Trinajstić information content (AvgIpc) is 2.90. The fraction of sp³-hybridized carbons (Fsp3) is 0.250. The second-order valence-electron chi connectivity index (χ2n) is 4.00. The lowest BCUT2D eigenvalue weighted by molar-refractivity contribution is -0.122. The predicted molar refractivity (Wildman–Crippen MR) is 81.4 cm³/mol. The van der Waals surface area contributed by atoms with Crippen molar-refractivity contribution in [1.82, 2.24) is 19.9 Å². The Hall–Kier alpha value is -1.63. The van der Waals surface area contributed by atoms with Gasteiger partial charge in [-0.15, -0.1) is 24.8 Å². The topological polar surface area (TPSA) is 85.8 Å². The second kappa shape index (κ2) is 8.52. The number of rotatable bonds is 4. The molecule has 2 aromatic heterocycles. The molecule has 1 amide bonds. The van der Waals surface area contributed by atoms with Gasteiger partial charge in [-0.25, -0.2) is 9.97 Å². The van der Waals surface area contributed by atoms with Crippen LogP contribution < -0.4 is 11.1 Å². The molecule has 0 radical (unpaired) electrons. The van der Waals surface area contributed by atoms with Crippen molar-refractivity contribution in [2.45, 2.75) is 19.5 Å². The molecule has 0 spiro atoms. The summed E-state index contributed by atoms with van der Waals surface area (Å²) in [7, 11) is 0. The summed E-state index contributed by atoms with van der Waals surface area (Å²) in [4.78, 5) is 19.6. The number of nitrogens with two attached hydrogens (primary N) is 1. The number of hydrogen-bond donors (Lipinski definition) is 2. The maximum atomic E-state index is 11.4. The van der Waals surface area contributed by atoms with Crippen LogP contribution in [-0.2, 0) is 11.3 Å². The maximum Gasteiger partial charge on any atom is 0.236 e. The third-order valence-electron chi connectivity index (χ3n) is 2.46. The van der Waals surface area contributed by atoms with Crippen molar-refractivity contribution in [2.24, 2.45) is 5.73 Å². The molecule has 8 heteroatoms. The molecule has 110 valence electrons. The summed E-state index contributed by atoms with van der Waals surface area (Å²) >= 11 is 0. The van der Waals surface area contributed by atoms with E-state index in [9.17, 15) is 4.79 Å². The number of carbonyl (C=O) groups excluding carboxylic acids is 1. The third kappa shape index (κ3) is 4.80. The number of aromatic nitrogens is 3. The van der Waals surface area contributed by atoms with E-state index in [1.807, 2.05) is 18.3 Å². The summed E-state index contributed by atoms with van der Waals surface area (Å²) in [6.07, 6.45) is 6.87. The van der Waals surface area contributed by atoms with Gasteiger partial charge in [0.1, 0.15) is 12.1 Å². The zero-order valence-corrected chi connectivity index (χ0v) is 12.5. The maximum absolute atomic E-state index is 11.4. The molecule has 0 unspecified atom stereocenters. The summed E-state index contributed by atoms with van der Waals surface area (Å²) in [5.74, 6) is 0.594. The Morgan fingerprint density at radius 1 is 1.45 bits per heavy atom. The van der Waals surface area contributed by atoms with E-state index in [1.165, 1.54) is 0 Å². The van der Waals surface area contributed by atoms with Crippen LogP contribution in [0.25, 0.3) is 5.82 Å². The van der Waals surface area contributed by atoms with E-state index in [1.54, 1.807) is 30.2 Å². The largest absolute Gasteiger partial charge is 0.351 e. The van der Waals surface area contributed by atoms with E-state index in [-0.39, 0.29) is 30.7 Å². The highest BCUT2D eigenvalue weighted by Crippen LogP contribution is 2.06. The Morgan fingerprint density at radius 2 is 2.20 bits per heavy atom. The molecule has 0 aromatic carbocycles. The van der Waals surface area contributed by atoms with Crippen molar-refractivity contribution >= 4 is 30.7 Å². The highest BCUT2D eigenvalue weighted by molar-refractivity contribution is 5.85. The molecule has 0 saturated heterocycles. The zero-order valence-electron chi connectivity index (χ0n) is 10.9. The van der Waals surface area contributed by atoms with Gasteiger partial charge in [-0.3, -0.25) is 9.36 Å². The van der Waals surface area contributed by atoms with Gasteiger partial charge in [0.15, 0.2) is 0 Å². The van der Waals surface area contributed by atoms with Crippen LogP contribution >= 0.6 is 24.8 Å². The van der Waals surface area contributed by atoms with Crippen molar-refractivity contribution in [2.75, 3.05) is 0 Å². The molecule has 2 heterocycles. The first kappa shape index (κ1) is 18.4. The normalized spacial score (nSPS) is 10.9. The second-order valence-corrected chi connectivity index (χ2v) is 4.00. The summed E-state index contributed by atoms with van der Waals surface area (Å²) in [6, 6.07) is 3.24. The lowest BCUT2D eigenvalue weighted by Crippen LogP contribution is -2.37. The van der Waals surface area contributed by atoms with Gasteiger partial charge in [0, 0.05) is 25.1 Å². The molecule has 0 fully saturated rings. The van der Waals surface area contributed by atoms with E-state index < -0.39 is 6.04 Å². The quantitative estimate of drug-likeness (QED) is 0.883. The molecule has 6 nitrogen and oxygen atoms in total. The molecule has 3 N–H and O–H groups in total. The Labute approximate surface area is 129 Å². The van der Waals surface area contributed by atoms with Crippen LogP contribution in [0.3, 0.4) is 0 Å². The van der Waals surface area contributed by atoms with Crippen molar-refractivity contribution < 1.29 is 4.79 Å². The Morgan fingerprint density at radius 3 is 2.80 bits per heavy atom. The Balaban J connectivity index is 0.00000180. The molecule has 0 aliphatic rings. The first-order valence-corrected chi connectivity index (χ1v) is 5.63. The number of nitrogens with zero attached hydrogens (tertiary/aromatic N) is 3. The summed E-state index contributed by atoms with van der Waals surface area (Å²) in [5, 5.41) is 2.75. The van der Waals surface area contributed by atoms with Crippen molar-refractivity contribution in [3.8, 4) is 5.82 Å². The summed E-state index contributed by atoms with van der Waals surface area (Å²) in [5.41, 5.74) is 6.43. The summed E-state index contributed by atoms with van der Waals surface area (Å²) < 4.78 is 1.80. The van der Waals surface area contributed by atoms with E-state index in [2.05, 4.69) is 15.3 Å². The van der Waals surface area contributed by atoms with Crippen LogP contribution in [0.4, 0.5) is 0 Å². The van der Waals surface area contributed by atoms with Gasteiger partial charge >= 0.3 is 0 Å². The number of hydrogen-bond acceptors (Lipinski definition) is 4. The smallest absolute Gasteiger partial charge is 0.236 e. The molecule has 0 aliphatic heterocycles. The van der Waals surface area contributed by atoms with E-state index in [4.69, 9.17) is 5.73 Å². The van der Waals surface area contributed by atoms with Crippen LogP contribution in [-0.4, -0.2) is 26.5 Å². The van der Waals surface area contributed by atoms with Gasteiger partial charge in [0.05, 0.1) is 6.04 Å². The van der Waals surface area contributed by atoms with Gasteiger partial charge in [-0.05, 0) is 24.6 Å². The number of halogens is 2. The van der Waals surface area contributed by atoms with Crippen molar-refractivity contribution in [1.29, 1.82) is 0 Å². The van der Waals surface area contributed by atoms with Crippen LogP contribution in [0.15, 0.2) is 37.1 Å². The molecule has 1 atom stereocenters. The first-order chi connectivity index (χ1) is 8.66. The number of nitrogens with one attached hydrogen (secondary N) is 1. The van der Waals surface area contributed by atoms with Gasteiger partial charge in [0.2, 0.25) is 5.91 Å². The molecule has 0 bridgehead atoms. The predicted octanol–water partition coefficient (Wildman–Crippen LogP) is 1.07. The standard InChI is InChI=1S/C12H15N5O.2ClH/c1-9(13)12(18)16-7-10-2-3-15-11(6-10)17-5-4-14-8-17;;/h2-6,8-9H,7,13H2,1H3,(H,16,18);2*1H/t9-;;/m1../s1. The van der Waals surface area contributed by atoms with Gasteiger partial charge in [0.25, 0.3) is 0 Å². The van der Waals surface area contributed by atoms with E-state index in [0.29, 0.717) is 6.54 Å². The zero-order chi connectivity index (χ0) is 13.0. The van der Waals surface area contributed by atoms with Gasteiger partial charge in [-0.1, -0.05) is 0 Å². The van der Waals surface area contributed by atoms with Crippen molar-refractivity contribution in [3.05, 3.63) is 42.6 Å². The lowest BCUT2D eigenvalue weighted by atomic mass is 10.2. The highest BCUT2D eigenvalue weighted by atomic mass is 35.5. The van der Waals surface area contributed by atoms with Crippen LogP contribution in [0, 0.1) is 0 Å².